The standard InChI is InChI=1S/C12H24N2O/c1-12(2,3)9-11(15)14(8-7-13)10-5-4-6-10/h10H,4-9,13H2,1-3H3. The Morgan fingerprint density at radius 3 is 2.33 bits per heavy atom. The van der Waals surface area contributed by atoms with E-state index in [1.165, 1.54) is 6.42 Å². The quantitative estimate of drug-likeness (QED) is 0.772. The van der Waals surface area contributed by atoms with E-state index in [2.05, 4.69) is 20.8 Å². The molecule has 0 aromatic rings. The number of carbonyl (C=O) groups is 1. The SMILES string of the molecule is CC(C)(C)CC(=O)N(CCN)C1CCC1. The normalized spacial score (nSPS) is 17.3. The van der Waals surface area contributed by atoms with Gasteiger partial charge in [0.25, 0.3) is 0 Å². The molecule has 0 saturated heterocycles. The summed E-state index contributed by atoms with van der Waals surface area (Å²) in [5.74, 6) is 0.276. The third-order valence-corrected chi connectivity index (χ3v) is 2.89. The first kappa shape index (κ1) is 12.5. The molecule has 2 N–H and O–H groups in total. The molecule has 0 aliphatic heterocycles. The highest BCUT2D eigenvalue weighted by Gasteiger charge is 2.29. The van der Waals surface area contributed by atoms with Crippen LogP contribution in [0.25, 0.3) is 0 Å². The van der Waals surface area contributed by atoms with Crippen LogP contribution in [0.1, 0.15) is 46.5 Å². The molecule has 0 radical (unpaired) electrons. The molecule has 1 amide bonds. The van der Waals surface area contributed by atoms with Crippen LogP contribution < -0.4 is 5.73 Å². The lowest BCUT2D eigenvalue weighted by Crippen LogP contribution is -2.47. The number of nitrogens with two attached hydrogens (primary N) is 1. The van der Waals surface area contributed by atoms with Crippen LogP contribution in [0.15, 0.2) is 0 Å². The van der Waals surface area contributed by atoms with Crippen molar-refractivity contribution < 1.29 is 4.79 Å². The van der Waals surface area contributed by atoms with E-state index in [1.807, 2.05) is 4.90 Å². The first-order valence-corrected chi connectivity index (χ1v) is 5.93. The molecular formula is C12H24N2O. The zero-order valence-corrected chi connectivity index (χ0v) is 10.3. The van der Waals surface area contributed by atoms with Crippen LogP contribution in [0.3, 0.4) is 0 Å². The van der Waals surface area contributed by atoms with Crippen molar-refractivity contribution in [2.45, 2.75) is 52.5 Å². The average Bonchev–Trinajstić information content (AvgIpc) is 1.96. The summed E-state index contributed by atoms with van der Waals surface area (Å²) in [5.41, 5.74) is 5.63. The fourth-order valence-electron chi connectivity index (χ4n) is 1.90. The minimum Gasteiger partial charge on any atom is -0.338 e. The van der Waals surface area contributed by atoms with E-state index in [-0.39, 0.29) is 11.3 Å². The topological polar surface area (TPSA) is 46.3 Å². The van der Waals surface area contributed by atoms with Gasteiger partial charge in [0.1, 0.15) is 0 Å². The second-order valence-electron chi connectivity index (χ2n) is 5.70. The van der Waals surface area contributed by atoms with Crippen molar-refractivity contribution in [3.63, 3.8) is 0 Å². The van der Waals surface area contributed by atoms with Gasteiger partial charge in [0.2, 0.25) is 5.91 Å². The molecule has 0 bridgehead atoms. The van der Waals surface area contributed by atoms with Crippen LogP contribution in [-0.2, 0) is 4.79 Å². The summed E-state index contributed by atoms with van der Waals surface area (Å²) < 4.78 is 0. The van der Waals surface area contributed by atoms with Gasteiger partial charge in [0.05, 0.1) is 0 Å². The Bertz CT molecular complexity index is 216. The van der Waals surface area contributed by atoms with E-state index in [0.29, 0.717) is 19.0 Å². The van der Waals surface area contributed by atoms with Gasteiger partial charge in [0, 0.05) is 25.6 Å². The molecule has 0 aromatic heterocycles. The third kappa shape index (κ3) is 3.82. The predicted molar refractivity (Wildman–Crippen MR) is 62.5 cm³/mol. The Morgan fingerprint density at radius 2 is 2.00 bits per heavy atom. The molecular weight excluding hydrogens is 188 g/mol. The number of hydrogen-bond donors (Lipinski definition) is 1. The summed E-state index contributed by atoms with van der Waals surface area (Å²) in [4.78, 5) is 14.0. The molecule has 0 atom stereocenters. The predicted octanol–water partition coefficient (Wildman–Crippen LogP) is 1.76. The van der Waals surface area contributed by atoms with Crippen LogP contribution in [0, 0.1) is 5.41 Å². The third-order valence-electron chi connectivity index (χ3n) is 2.89. The van der Waals surface area contributed by atoms with Crippen LogP contribution in [0.4, 0.5) is 0 Å². The fourth-order valence-corrected chi connectivity index (χ4v) is 1.90. The van der Waals surface area contributed by atoms with Crippen LogP contribution in [0.2, 0.25) is 0 Å². The van der Waals surface area contributed by atoms with Gasteiger partial charge in [-0.1, -0.05) is 20.8 Å². The number of hydrogen-bond acceptors (Lipinski definition) is 2. The van der Waals surface area contributed by atoms with Gasteiger partial charge in [-0.25, -0.2) is 0 Å². The maximum atomic E-state index is 12.1. The van der Waals surface area contributed by atoms with E-state index < -0.39 is 0 Å². The molecule has 0 unspecified atom stereocenters. The lowest BCUT2D eigenvalue weighted by atomic mass is 9.88. The molecule has 1 saturated carbocycles. The second-order valence-corrected chi connectivity index (χ2v) is 5.70. The molecule has 0 heterocycles. The van der Waals surface area contributed by atoms with Crippen LogP contribution >= 0.6 is 0 Å². The monoisotopic (exact) mass is 212 g/mol. The largest absolute Gasteiger partial charge is 0.338 e. The number of amides is 1. The van der Waals surface area contributed by atoms with Gasteiger partial charge in [-0.15, -0.1) is 0 Å². The molecule has 3 heteroatoms. The lowest BCUT2D eigenvalue weighted by Gasteiger charge is -2.38. The summed E-state index contributed by atoms with van der Waals surface area (Å²) in [5, 5.41) is 0. The Hall–Kier alpha value is -0.570. The number of carbonyl (C=O) groups excluding carboxylic acids is 1. The Kier molecular flexibility index (Phi) is 4.14. The number of nitrogens with zero attached hydrogens (tertiary/aromatic N) is 1. The molecule has 0 spiro atoms. The average molecular weight is 212 g/mol. The van der Waals surface area contributed by atoms with Gasteiger partial charge in [-0.05, 0) is 24.7 Å². The van der Waals surface area contributed by atoms with Crippen molar-refractivity contribution in [2.24, 2.45) is 11.1 Å². The highest BCUT2D eigenvalue weighted by molar-refractivity contribution is 5.77. The fraction of sp³-hybridized carbons (Fsp3) is 0.917. The van der Waals surface area contributed by atoms with E-state index in [0.717, 1.165) is 19.4 Å². The smallest absolute Gasteiger partial charge is 0.223 e. The van der Waals surface area contributed by atoms with Gasteiger partial charge in [-0.2, -0.15) is 0 Å². The van der Waals surface area contributed by atoms with Crippen LogP contribution in [0.5, 0.6) is 0 Å². The first-order chi connectivity index (χ1) is 6.94. The second kappa shape index (κ2) is 4.97. The summed E-state index contributed by atoms with van der Waals surface area (Å²) in [6.45, 7) is 7.61. The highest BCUT2D eigenvalue weighted by Crippen LogP contribution is 2.27. The molecule has 3 nitrogen and oxygen atoms in total. The van der Waals surface area contributed by atoms with Crippen molar-refractivity contribution in [2.75, 3.05) is 13.1 Å². The summed E-state index contributed by atoms with van der Waals surface area (Å²) >= 11 is 0. The van der Waals surface area contributed by atoms with Crippen LogP contribution in [-0.4, -0.2) is 29.9 Å². The van der Waals surface area contributed by atoms with E-state index in [4.69, 9.17) is 5.73 Å². The lowest BCUT2D eigenvalue weighted by molar-refractivity contribution is -0.137. The van der Waals surface area contributed by atoms with Crippen molar-refractivity contribution in [3.8, 4) is 0 Å². The van der Waals surface area contributed by atoms with Crippen molar-refractivity contribution in [1.29, 1.82) is 0 Å². The van der Waals surface area contributed by atoms with Gasteiger partial charge in [0.15, 0.2) is 0 Å². The van der Waals surface area contributed by atoms with Crippen molar-refractivity contribution in [3.05, 3.63) is 0 Å². The van der Waals surface area contributed by atoms with Gasteiger partial charge < -0.3 is 10.6 Å². The molecule has 1 fully saturated rings. The summed E-state index contributed by atoms with van der Waals surface area (Å²) in [6.07, 6.45) is 4.21. The highest BCUT2D eigenvalue weighted by atomic mass is 16.2. The molecule has 1 rings (SSSR count). The number of rotatable bonds is 4. The summed E-state index contributed by atoms with van der Waals surface area (Å²) in [7, 11) is 0. The maximum Gasteiger partial charge on any atom is 0.223 e. The van der Waals surface area contributed by atoms with Gasteiger partial charge in [-0.3, -0.25) is 4.79 Å². The van der Waals surface area contributed by atoms with E-state index in [9.17, 15) is 4.79 Å². The molecule has 88 valence electrons. The molecule has 1 aliphatic carbocycles. The Balaban J connectivity index is 2.50. The van der Waals surface area contributed by atoms with Gasteiger partial charge >= 0.3 is 0 Å². The molecule has 0 aromatic carbocycles. The Labute approximate surface area is 93.0 Å². The molecule has 1 aliphatic rings. The minimum atomic E-state index is 0.0771. The summed E-state index contributed by atoms with van der Waals surface area (Å²) in [6, 6.07) is 0.475. The van der Waals surface area contributed by atoms with Crippen molar-refractivity contribution in [1.82, 2.24) is 4.90 Å². The first-order valence-electron chi connectivity index (χ1n) is 5.93. The zero-order valence-electron chi connectivity index (χ0n) is 10.3. The minimum absolute atomic E-state index is 0.0771. The maximum absolute atomic E-state index is 12.1. The van der Waals surface area contributed by atoms with Crippen molar-refractivity contribution >= 4 is 5.91 Å². The zero-order chi connectivity index (χ0) is 11.5. The van der Waals surface area contributed by atoms with E-state index >= 15 is 0 Å². The Morgan fingerprint density at radius 1 is 1.40 bits per heavy atom. The van der Waals surface area contributed by atoms with E-state index in [1.54, 1.807) is 0 Å². The molecule has 15 heavy (non-hydrogen) atoms.